The van der Waals surface area contributed by atoms with Gasteiger partial charge in [0, 0.05) is 12.6 Å². The minimum atomic E-state index is -0.271. The van der Waals surface area contributed by atoms with E-state index in [0.29, 0.717) is 23.9 Å². The fourth-order valence-corrected chi connectivity index (χ4v) is 3.45. The highest BCUT2D eigenvalue weighted by molar-refractivity contribution is 5.99. The van der Waals surface area contributed by atoms with Gasteiger partial charge in [-0.2, -0.15) is 0 Å². The quantitative estimate of drug-likeness (QED) is 0.670. The van der Waals surface area contributed by atoms with Gasteiger partial charge in [-0.1, -0.05) is 6.07 Å². The Balaban J connectivity index is 1.97. The predicted octanol–water partition coefficient (Wildman–Crippen LogP) is 2.43. The van der Waals surface area contributed by atoms with Crippen molar-refractivity contribution >= 4 is 17.3 Å². The van der Waals surface area contributed by atoms with Crippen molar-refractivity contribution in [3.05, 3.63) is 23.8 Å². The lowest BCUT2D eigenvalue weighted by Gasteiger charge is -2.31. The lowest BCUT2D eigenvalue weighted by atomic mass is 10.1. The maximum atomic E-state index is 12.1. The number of fused-ring (bicyclic) bond motifs is 2. The Kier molecular flexibility index (Phi) is 3.09. The Morgan fingerprint density at radius 2 is 2.32 bits per heavy atom. The Morgan fingerprint density at radius 1 is 1.47 bits per heavy atom. The number of hydrogen-bond acceptors (Lipinski definition) is 4. The van der Waals surface area contributed by atoms with Crippen molar-refractivity contribution < 1.29 is 9.53 Å². The molecule has 2 aliphatic rings. The molecular weight excluding hydrogens is 240 g/mol. The summed E-state index contributed by atoms with van der Waals surface area (Å²) < 4.78 is 5.14. The fraction of sp³-hybridized carbons (Fsp3) is 0.533. The zero-order chi connectivity index (χ0) is 13.4. The molecule has 1 aliphatic heterocycles. The van der Waals surface area contributed by atoms with Crippen molar-refractivity contribution in [1.82, 2.24) is 0 Å². The third-order valence-corrected chi connectivity index (χ3v) is 4.26. The standard InChI is InChI=1S/C15H20N2O2/c1-2-19-15(18)12-4-3-5-13(16)14(12)17-9-10-6-7-11(17)8-10/h3-5,10-11H,2,6-9,16H2,1H3. The maximum Gasteiger partial charge on any atom is 0.340 e. The number of hydrogen-bond donors (Lipinski definition) is 1. The molecule has 0 spiro atoms. The van der Waals surface area contributed by atoms with Crippen molar-refractivity contribution in [3.8, 4) is 0 Å². The van der Waals surface area contributed by atoms with Crippen molar-refractivity contribution in [3.63, 3.8) is 0 Å². The molecule has 1 aromatic rings. The molecule has 1 aliphatic carbocycles. The van der Waals surface area contributed by atoms with Crippen molar-refractivity contribution in [2.24, 2.45) is 5.92 Å². The summed E-state index contributed by atoms with van der Waals surface area (Å²) in [5.41, 5.74) is 8.28. The molecule has 1 aromatic carbocycles. The summed E-state index contributed by atoms with van der Waals surface area (Å²) in [7, 11) is 0. The van der Waals surface area contributed by atoms with Crippen LogP contribution in [0.15, 0.2) is 18.2 Å². The lowest BCUT2D eigenvalue weighted by molar-refractivity contribution is 0.0527. The minimum Gasteiger partial charge on any atom is -0.462 e. The molecule has 4 heteroatoms. The van der Waals surface area contributed by atoms with Gasteiger partial charge in [-0.3, -0.25) is 0 Å². The first-order chi connectivity index (χ1) is 9.20. The molecular formula is C15H20N2O2. The highest BCUT2D eigenvalue weighted by atomic mass is 16.5. The van der Waals surface area contributed by atoms with Crippen LogP contribution >= 0.6 is 0 Å². The van der Waals surface area contributed by atoms with E-state index < -0.39 is 0 Å². The summed E-state index contributed by atoms with van der Waals surface area (Å²) in [6.45, 7) is 3.23. The van der Waals surface area contributed by atoms with Crippen LogP contribution in [0.5, 0.6) is 0 Å². The van der Waals surface area contributed by atoms with Gasteiger partial charge in [-0.15, -0.1) is 0 Å². The summed E-state index contributed by atoms with van der Waals surface area (Å²) >= 11 is 0. The van der Waals surface area contributed by atoms with E-state index in [0.717, 1.165) is 18.2 Å². The van der Waals surface area contributed by atoms with Gasteiger partial charge in [0.2, 0.25) is 0 Å². The molecule has 4 nitrogen and oxygen atoms in total. The summed E-state index contributed by atoms with van der Waals surface area (Å²) in [5, 5.41) is 0. The van der Waals surface area contributed by atoms with Gasteiger partial charge in [0.25, 0.3) is 0 Å². The number of para-hydroxylation sites is 1. The highest BCUT2D eigenvalue weighted by Crippen LogP contribution is 2.43. The zero-order valence-electron chi connectivity index (χ0n) is 11.3. The topological polar surface area (TPSA) is 55.6 Å². The summed E-state index contributed by atoms with van der Waals surface area (Å²) in [6, 6.07) is 6.04. The minimum absolute atomic E-state index is 0.271. The van der Waals surface area contributed by atoms with E-state index in [1.807, 2.05) is 25.1 Å². The summed E-state index contributed by atoms with van der Waals surface area (Å²) in [5.74, 6) is 0.493. The van der Waals surface area contributed by atoms with E-state index in [1.165, 1.54) is 19.3 Å². The number of carbonyl (C=O) groups is 1. The van der Waals surface area contributed by atoms with Crippen LogP contribution in [0.3, 0.4) is 0 Å². The largest absolute Gasteiger partial charge is 0.462 e. The van der Waals surface area contributed by atoms with Crippen LogP contribution in [0.4, 0.5) is 11.4 Å². The average Bonchev–Trinajstić information content (AvgIpc) is 3.01. The molecule has 2 N–H and O–H groups in total. The number of nitrogens with zero attached hydrogens (tertiary/aromatic N) is 1. The van der Waals surface area contributed by atoms with Gasteiger partial charge in [0.15, 0.2) is 0 Å². The first kappa shape index (κ1) is 12.3. The molecule has 0 amide bonds. The number of rotatable bonds is 3. The molecule has 2 unspecified atom stereocenters. The second-order valence-corrected chi connectivity index (χ2v) is 5.45. The lowest BCUT2D eigenvalue weighted by Crippen LogP contribution is -2.34. The fourth-order valence-electron chi connectivity index (χ4n) is 3.45. The Morgan fingerprint density at radius 3 is 2.95 bits per heavy atom. The number of benzene rings is 1. The zero-order valence-corrected chi connectivity index (χ0v) is 11.3. The number of ether oxygens (including phenoxy) is 1. The van der Waals surface area contributed by atoms with E-state index in [1.54, 1.807) is 0 Å². The first-order valence-corrected chi connectivity index (χ1v) is 7.03. The Bertz CT molecular complexity index is 501. The average molecular weight is 260 g/mol. The van der Waals surface area contributed by atoms with Crippen molar-refractivity contribution in [2.75, 3.05) is 23.8 Å². The highest BCUT2D eigenvalue weighted by Gasteiger charge is 2.39. The Hall–Kier alpha value is -1.71. The number of esters is 1. The number of piperidine rings is 1. The summed E-state index contributed by atoms with van der Waals surface area (Å²) in [4.78, 5) is 14.4. The molecule has 102 valence electrons. The molecule has 2 bridgehead atoms. The monoisotopic (exact) mass is 260 g/mol. The SMILES string of the molecule is CCOC(=O)c1cccc(N)c1N1CC2CCC1C2. The third-order valence-electron chi connectivity index (χ3n) is 4.26. The molecule has 19 heavy (non-hydrogen) atoms. The summed E-state index contributed by atoms with van der Waals surface area (Å²) in [6.07, 6.45) is 3.75. The van der Waals surface area contributed by atoms with Gasteiger partial charge in [0.05, 0.1) is 23.5 Å². The Labute approximate surface area is 113 Å². The second-order valence-electron chi connectivity index (χ2n) is 5.45. The van der Waals surface area contributed by atoms with E-state index in [-0.39, 0.29) is 5.97 Å². The van der Waals surface area contributed by atoms with Gasteiger partial charge < -0.3 is 15.4 Å². The number of anilines is 2. The van der Waals surface area contributed by atoms with E-state index in [2.05, 4.69) is 4.90 Å². The second kappa shape index (κ2) is 4.76. The van der Waals surface area contributed by atoms with E-state index in [9.17, 15) is 4.79 Å². The molecule has 2 fully saturated rings. The van der Waals surface area contributed by atoms with Gasteiger partial charge in [-0.25, -0.2) is 4.79 Å². The molecule has 3 rings (SSSR count). The predicted molar refractivity (Wildman–Crippen MR) is 75.3 cm³/mol. The van der Waals surface area contributed by atoms with Crippen molar-refractivity contribution in [1.29, 1.82) is 0 Å². The van der Waals surface area contributed by atoms with Gasteiger partial charge >= 0.3 is 5.97 Å². The van der Waals surface area contributed by atoms with Crippen LogP contribution in [0.2, 0.25) is 0 Å². The van der Waals surface area contributed by atoms with Crippen LogP contribution in [-0.2, 0) is 4.74 Å². The molecule has 0 radical (unpaired) electrons. The number of nitrogens with two attached hydrogens (primary N) is 1. The first-order valence-electron chi connectivity index (χ1n) is 7.03. The van der Waals surface area contributed by atoms with E-state index >= 15 is 0 Å². The van der Waals surface area contributed by atoms with Crippen LogP contribution in [0.25, 0.3) is 0 Å². The number of carbonyl (C=O) groups excluding carboxylic acids is 1. The molecule has 1 saturated heterocycles. The number of nitrogen functional groups attached to an aromatic ring is 1. The van der Waals surface area contributed by atoms with Crippen LogP contribution in [0, 0.1) is 5.92 Å². The van der Waals surface area contributed by atoms with Gasteiger partial charge in [0.1, 0.15) is 0 Å². The smallest absolute Gasteiger partial charge is 0.340 e. The van der Waals surface area contributed by atoms with Crippen LogP contribution < -0.4 is 10.6 Å². The van der Waals surface area contributed by atoms with Crippen molar-refractivity contribution in [2.45, 2.75) is 32.2 Å². The molecule has 1 saturated carbocycles. The van der Waals surface area contributed by atoms with Gasteiger partial charge in [-0.05, 0) is 44.2 Å². The normalized spacial score (nSPS) is 24.8. The van der Waals surface area contributed by atoms with Crippen LogP contribution in [-0.4, -0.2) is 25.2 Å². The maximum absolute atomic E-state index is 12.1. The van der Waals surface area contributed by atoms with E-state index in [4.69, 9.17) is 10.5 Å². The third kappa shape index (κ3) is 2.05. The molecule has 1 heterocycles. The molecule has 2 atom stereocenters. The van der Waals surface area contributed by atoms with Crippen LogP contribution in [0.1, 0.15) is 36.5 Å². The molecule has 0 aromatic heterocycles.